The van der Waals surface area contributed by atoms with Crippen molar-refractivity contribution < 1.29 is 9.53 Å². The van der Waals surface area contributed by atoms with Crippen molar-refractivity contribution in [2.75, 3.05) is 7.11 Å². The molecule has 1 aromatic carbocycles. The number of fused-ring (bicyclic) bond motifs is 1. The average molecular weight is 289 g/mol. The molecule has 1 aliphatic heterocycles. The number of aromatic nitrogens is 1. The molecule has 0 fully saturated rings. The minimum absolute atomic E-state index is 0.0378. The van der Waals surface area contributed by atoms with Gasteiger partial charge in [-0.1, -0.05) is 29.8 Å². The van der Waals surface area contributed by atoms with Crippen LogP contribution in [-0.2, 0) is 11.3 Å². The first-order valence-electron chi connectivity index (χ1n) is 6.24. The first-order chi connectivity index (χ1) is 9.70. The zero-order valence-corrected chi connectivity index (χ0v) is 11.7. The summed E-state index contributed by atoms with van der Waals surface area (Å²) in [5.41, 5.74) is 2.36. The average Bonchev–Trinajstić information content (AvgIpc) is 2.74. The van der Waals surface area contributed by atoms with Crippen molar-refractivity contribution in [3.8, 4) is 0 Å². The van der Waals surface area contributed by atoms with Crippen molar-refractivity contribution >= 4 is 17.5 Å². The van der Waals surface area contributed by atoms with Gasteiger partial charge in [0.05, 0.1) is 17.3 Å². The Morgan fingerprint density at radius 1 is 1.30 bits per heavy atom. The summed E-state index contributed by atoms with van der Waals surface area (Å²) in [6, 6.07) is 11.1. The summed E-state index contributed by atoms with van der Waals surface area (Å²) in [6.45, 7) is 0.392. The SMILES string of the molecule is COC1c2ccccc2C(=O)N1Cc1ccc(Cl)cn1. The molecule has 2 heterocycles. The van der Waals surface area contributed by atoms with Crippen molar-refractivity contribution in [2.24, 2.45) is 0 Å². The molecule has 1 aliphatic rings. The summed E-state index contributed by atoms with van der Waals surface area (Å²) in [4.78, 5) is 18.3. The third-order valence-electron chi connectivity index (χ3n) is 3.35. The van der Waals surface area contributed by atoms with Gasteiger partial charge in [0.1, 0.15) is 0 Å². The maximum absolute atomic E-state index is 12.4. The van der Waals surface area contributed by atoms with E-state index >= 15 is 0 Å². The standard InChI is InChI=1S/C15H13ClN2O2/c1-20-15-13-5-3-2-4-12(13)14(19)18(15)9-11-7-6-10(16)8-17-11/h2-8,15H,9H2,1H3. The lowest BCUT2D eigenvalue weighted by atomic mass is 10.1. The van der Waals surface area contributed by atoms with Crippen LogP contribution < -0.4 is 0 Å². The van der Waals surface area contributed by atoms with Gasteiger partial charge in [0, 0.05) is 24.4 Å². The minimum atomic E-state index is -0.365. The molecule has 1 unspecified atom stereocenters. The molecule has 0 saturated heterocycles. The Morgan fingerprint density at radius 2 is 2.10 bits per heavy atom. The Morgan fingerprint density at radius 3 is 2.80 bits per heavy atom. The molecular formula is C15H13ClN2O2. The van der Waals surface area contributed by atoms with E-state index in [1.54, 1.807) is 24.3 Å². The monoisotopic (exact) mass is 288 g/mol. The number of halogens is 1. The molecule has 1 amide bonds. The van der Waals surface area contributed by atoms with E-state index in [1.165, 1.54) is 0 Å². The van der Waals surface area contributed by atoms with Crippen LogP contribution in [0.2, 0.25) is 5.02 Å². The zero-order chi connectivity index (χ0) is 14.1. The number of ether oxygens (including phenoxy) is 1. The largest absolute Gasteiger partial charge is 0.357 e. The van der Waals surface area contributed by atoms with E-state index in [0.29, 0.717) is 17.1 Å². The van der Waals surface area contributed by atoms with Gasteiger partial charge in [0.2, 0.25) is 0 Å². The van der Waals surface area contributed by atoms with Crippen LogP contribution in [0.15, 0.2) is 42.6 Å². The molecule has 2 aromatic rings. The minimum Gasteiger partial charge on any atom is -0.357 e. The summed E-state index contributed by atoms with van der Waals surface area (Å²) in [6.07, 6.45) is 1.21. The maximum Gasteiger partial charge on any atom is 0.256 e. The quantitative estimate of drug-likeness (QED) is 0.872. The van der Waals surface area contributed by atoms with Crippen LogP contribution in [0.4, 0.5) is 0 Å². The van der Waals surface area contributed by atoms with Crippen molar-refractivity contribution in [2.45, 2.75) is 12.8 Å². The highest BCUT2D eigenvalue weighted by Crippen LogP contribution is 2.34. The number of pyridine rings is 1. The van der Waals surface area contributed by atoms with Gasteiger partial charge in [-0.25, -0.2) is 0 Å². The molecule has 20 heavy (non-hydrogen) atoms. The predicted molar refractivity (Wildman–Crippen MR) is 75.3 cm³/mol. The van der Waals surface area contributed by atoms with Gasteiger partial charge in [-0.05, 0) is 18.2 Å². The number of benzene rings is 1. The van der Waals surface area contributed by atoms with Gasteiger partial charge < -0.3 is 9.64 Å². The molecule has 0 aliphatic carbocycles. The Balaban J connectivity index is 1.91. The fourth-order valence-electron chi connectivity index (χ4n) is 2.42. The second kappa shape index (κ2) is 5.23. The molecule has 1 aromatic heterocycles. The first kappa shape index (κ1) is 13.1. The number of amides is 1. The van der Waals surface area contributed by atoms with Gasteiger partial charge >= 0.3 is 0 Å². The van der Waals surface area contributed by atoms with E-state index in [-0.39, 0.29) is 12.1 Å². The zero-order valence-electron chi connectivity index (χ0n) is 10.9. The first-order valence-corrected chi connectivity index (χ1v) is 6.61. The Labute approximate surface area is 122 Å². The molecule has 0 radical (unpaired) electrons. The second-order valence-electron chi connectivity index (χ2n) is 4.58. The normalized spacial score (nSPS) is 17.4. The number of hydrogen-bond donors (Lipinski definition) is 0. The maximum atomic E-state index is 12.4. The Bertz CT molecular complexity index is 643. The Hall–Kier alpha value is -1.91. The van der Waals surface area contributed by atoms with Gasteiger partial charge in [-0.2, -0.15) is 0 Å². The predicted octanol–water partition coefficient (Wildman–Crippen LogP) is 3.04. The number of carbonyl (C=O) groups is 1. The van der Waals surface area contributed by atoms with Gasteiger partial charge in [0.15, 0.2) is 6.23 Å². The van der Waals surface area contributed by atoms with Crippen molar-refractivity contribution in [3.05, 3.63) is 64.4 Å². The van der Waals surface area contributed by atoms with Gasteiger partial charge in [-0.15, -0.1) is 0 Å². The summed E-state index contributed by atoms with van der Waals surface area (Å²) < 4.78 is 5.47. The van der Waals surface area contributed by atoms with Gasteiger partial charge in [0.25, 0.3) is 5.91 Å². The third-order valence-corrected chi connectivity index (χ3v) is 3.57. The second-order valence-corrected chi connectivity index (χ2v) is 5.01. The summed E-state index contributed by atoms with van der Waals surface area (Å²) in [5.74, 6) is -0.0378. The Kier molecular flexibility index (Phi) is 3.42. The lowest BCUT2D eigenvalue weighted by Gasteiger charge is -2.23. The van der Waals surface area contributed by atoms with Crippen LogP contribution >= 0.6 is 11.6 Å². The van der Waals surface area contributed by atoms with Crippen LogP contribution in [0.25, 0.3) is 0 Å². The van der Waals surface area contributed by atoms with E-state index in [4.69, 9.17) is 16.3 Å². The van der Waals surface area contributed by atoms with Crippen molar-refractivity contribution in [1.82, 2.24) is 9.88 Å². The molecule has 0 saturated carbocycles. The number of methoxy groups -OCH3 is 1. The van der Waals surface area contributed by atoms with Crippen molar-refractivity contribution in [3.63, 3.8) is 0 Å². The van der Waals surface area contributed by atoms with Crippen LogP contribution in [0.1, 0.15) is 27.8 Å². The molecule has 5 heteroatoms. The summed E-state index contributed by atoms with van der Waals surface area (Å²) in [5, 5.41) is 0.577. The summed E-state index contributed by atoms with van der Waals surface area (Å²) >= 11 is 5.82. The molecule has 0 N–H and O–H groups in total. The molecule has 102 valence electrons. The van der Waals surface area contributed by atoms with Crippen LogP contribution in [0, 0.1) is 0 Å². The number of nitrogens with zero attached hydrogens (tertiary/aromatic N) is 2. The highest BCUT2D eigenvalue weighted by molar-refractivity contribution is 6.30. The van der Waals surface area contributed by atoms with Crippen molar-refractivity contribution in [1.29, 1.82) is 0 Å². The lowest BCUT2D eigenvalue weighted by molar-refractivity contribution is -0.0167. The smallest absolute Gasteiger partial charge is 0.256 e. The van der Waals surface area contributed by atoms with E-state index in [1.807, 2.05) is 30.3 Å². The topological polar surface area (TPSA) is 42.4 Å². The molecule has 4 nitrogen and oxygen atoms in total. The lowest BCUT2D eigenvalue weighted by Crippen LogP contribution is -2.28. The van der Waals surface area contributed by atoms with Crippen LogP contribution in [-0.4, -0.2) is 22.9 Å². The molecular weight excluding hydrogens is 276 g/mol. The number of hydrogen-bond acceptors (Lipinski definition) is 3. The molecule has 0 bridgehead atoms. The number of rotatable bonds is 3. The van der Waals surface area contributed by atoms with Crippen LogP contribution in [0.5, 0.6) is 0 Å². The van der Waals surface area contributed by atoms with E-state index < -0.39 is 0 Å². The van der Waals surface area contributed by atoms with Crippen LogP contribution in [0.3, 0.4) is 0 Å². The highest BCUT2D eigenvalue weighted by atomic mass is 35.5. The van der Waals surface area contributed by atoms with E-state index in [0.717, 1.165) is 11.3 Å². The third kappa shape index (κ3) is 2.17. The van der Waals surface area contributed by atoms with E-state index in [2.05, 4.69) is 4.98 Å². The molecule has 1 atom stereocenters. The fourth-order valence-corrected chi connectivity index (χ4v) is 2.53. The van der Waals surface area contributed by atoms with E-state index in [9.17, 15) is 4.79 Å². The summed E-state index contributed by atoms with van der Waals surface area (Å²) in [7, 11) is 1.60. The van der Waals surface area contributed by atoms with Gasteiger partial charge in [-0.3, -0.25) is 9.78 Å². The molecule has 0 spiro atoms. The molecule has 3 rings (SSSR count). The highest BCUT2D eigenvalue weighted by Gasteiger charge is 2.36. The fraction of sp³-hybridized carbons (Fsp3) is 0.200. The number of carbonyl (C=O) groups excluding carboxylic acids is 1.